The van der Waals surface area contributed by atoms with Crippen LogP contribution in [0.4, 0.5) is 13.2 Å². The van der Waals surface area contributed by atoms with E-state index in [0.29, 0.717) is 11.5 Å². The van der Waals surface area contributed by atoms with Gasteiger partial charge in [0.05, 0.1) is 5.56 Å². The van der Waals surface area contributed by atoms with Crippen molar-refractivity contribution in [1.29, 1.82) is 0 Å². The van der Waals surface area contributed by atoms with Gasteiger partial charge < -0.3 is 4.74 Å². The summed E-state index contributed by atoms with van der Waals surface area (Å²) in [6, 6.07) is 13.5. The first-order valence-corrected chi connectivity index (χ1v) is 4.96. The van der Waals surface area contributed by atoms with Gasteiger partial charge in [-0.2, -0.15) is 13.2 Å². The number of ether oxygens (including phenoxy) is 1. The molecule has 0 amide bonds. The lowest BCUT2D eigenvalue weighted by Crippen LogP contribution is -2.03. The molecule has 2 aromatic rings. The van der Waals surface area contributed by atoms with Gasteiger partial charge in [0.25, 0.3) is 0 Å². The molecule has 0 aliphatic carbocycles. The minimum atomic E-state index is -4.31. The van der Waals surface area contributed by atoms with Crippen molar-refractivity contribution in [1.82, 2.24) is 0 Å². The summed E-state index contributed by atoms with van der Waals surface area (Å²) in [5, 5.41) is 0. The second kappa shape index (κ2) is 4.49. The summed E-state index contributed by atoms with van der Waals surface area (Å²) in [7, 11) is 0. The number of hydrogen-bond acceptors (Lipinski definition) is 1. The van der Waals surface area contributed by atoms with Crippen molar-refractivity contribution < 1.29 is 17.9 Å². The predicted octanol–water partition coefficient (Wildman–Crippen LogP) is 4.50. The minimum Gasteiger partial charge on any atom is -0.457 e. The number of hydrogen-bond donors (Lipinski definition) is 0. The van der Waals surface area contributed by atoms with E-state index in [4.69, 9.17) is 4.74 Å². The topological polar surface area (TPSA) is 9.23 Å². The van der Waals surface area contributed by atoms with Gasteiger partial charge in [0.15, 0.2) is 0 Å². The fraction of sp³-hybridized carbons (Fsp3) is 0.0769. The fourth-order valence-electron chi connectivity index (χ4n) is 1.34. The summed E-state index contributed by atoms with van der Waals surface area (Å²) in [4.78, 5) is 0. The molecule has 0 unspecified atom stereocenters. The highest BCUT2D eigenvalue weighted by molar-refractivity contribution is 5.33. The molecule has 17 heavy (non-hydrogen) atoms. The Bertz CT molecular complexity index is 474. The molecule has 1 nitrogen and oxygen atoms in total. The van der Waals surface area contributed by atoms with Crippen LogP contribution >= 0.6 is 0 Å². The Balaban J connectivity index is 2.14. The van der Waals surface area contributed by atoms with E-state index < -0.39 is 11.7 Å². The molecule has 0 aliphatic rings. The second-order valence-corrected chi connectivity index (χ2v) is 3.44. The molecule has 0 fully saturated rings. The lowest BCUT2D eigenvalue weighted by Gasteiger charge is -2.08. The maximum atomic E-state index is 12.3. The summed E-state index contributed by atoms with van der Waals surface area (Å²) in [6.45, 7) is 0. The van der Waals surface area contributed by atoms with Crippen LogP contribution in [0.15, 0.2) is 54.6 Å². The van der Waals surface area contributed by atoms with Crippen LogP contribution in [0, 0.1) is 0 Å². The van der Waals surface area contributed by atoms with Crippen molar-refractivity contribution in [2.24, 2.45) is 0 Å². The first-order chi connectivity index (χ1) is 8.05. The van der Waals surface area contributed by atoms with Crippen molar-refractivity contribution in [3.8, 4) is 11.5 Å². The van der Waals surface area contributed by atoms with Crippen molar-refractivity contribution in [2.75, 3.05) is 0 Å². The van der Waals surface area contributed by atoms with Gasteiger partial charge >= 0.3 is 6.18 Å². The Morgan fingerprint density at radius 2 is 1.24 bits per heavy atom. The zero-order chi connectivity index (χ0) is 12.3. The maximum Gasteiger partial charge on any atom is 0.416 e. The van der Waals surface area contributed by atoms with Crippen LogP contribution in [0.3, 0.4) is 0 Å². The van der Waals surface area contributed by atoms with Gasteiger partial charge in [-0.15, -0.1) is 0 Å². The van der Waals surface area contributed by atoms with Gasteiger partial charge in [-0.1, -0.05) is 18.2 Å². The Morgan fingerprint density at radius 1 is 0.706 bits per heavy atom. The first-order valence-electron chi connectivity index (χ1n) is 4.96. The number of halogens is 3. The Hall–Kier alpha value is -1.97. The number of para-hydroxylation sites is 1. The molecule has 0 saturated heterocycles. The van der Waals surface area contributed by atoms with Crippen LogP contribution in [0.25, 0.3) is 0 Å². The maximum absolute atomic E-state index is 12.3. The van der Waals surface area contributed by atoms with E-state index in [2.05, 4.69) is 0 Å². The normalized spacial score (nSPS) is 11.2. The standard InChI is InChI=1S/C13H9F3O/c14-13(15,16)10-6-8-12(9-7-10)17-11-4-2-1-3-5-11/h1-9H. The third kappa shape index (κ3) is 3.00. The molecule has 0 heterocycles. The SMILES string of the molecule is FC(F)(F)c1ccc(Oc2ccccc2)cc1. The number of benzene rings is 2. The molecule has 4 heteroatoms. The van der Waals surface area contributed by atoms with Gasteiger partial charge in [-0.05, 0) is 36.4 Å². The summed E-state index contributed by atoms with van der Waals surface area (Å²) in [5.74, 6) is 0.969. The van der Waals surface area contributed by atoms with Crippen molar-refractivity contribution >= 4 is 0 Å². The molecule has 0 saturated carbocycles. The zero-order valence-corrected chi connectivity index (χ0v) is 8.74. The van der Waals surface area contributed by atoms with Crippen molar-refractivity contribution in [3.63, 3.8) is 0 Å². The first kappa shape index (κ1) is 11.5. The number of rotatable bonds is 2. The minimum absolute atomic E-state index is 0.379. The molecule has 2 rings (SSSR count). The van der Waals surface area contributed by atoms with E-state index in [-0.39, 0.29) is 0 Å². The third-order valence-corrected chi connectivity index (χ3v) is 2.16. The summed E-state index contributed by atoms with van der Waals surface area (Å²) < 4.78 is 42.3. The molecule has 0 aromatic heterocycles. The van der Waals surface area contributed by atoms with E-state index in [1.165, 1.54) is 12.1 Å². The second-order valence-electron chi connectivity index (χ2n) is 3.44. The lowest BCUT2D eigenvalue weighted by molar-refractivity contribution is -0.137. The highest BCUT2D eigenvalue weighted by Crippen LogP contribution is 2.31. The van der Waals surface area contributed by atoms with E-state index in [1.807, 2.05) is 6.07 Å². The molecule has 2 aromatic carbocycles. The van der Waals surface area contributed by atoms with Gasteiger partial charge in [0.2, 0.25) is 0 Å². The summed E-state index contributed by atoms with van der Waals surface area (Å²) >= 11 is 0. The van der Waals surface area contributed by atoms with E-state index in [0.717, 1.165) is 12.1 Å². The van der Waals surface area contributed by atoms with E-state index in [9.17, 15) is 13.2 Å². The van der Waals surface area contributed by atoms with Crippen LogP contribution in [0.1, 0.15) is 5.56 Å². The molecule has 0 aliphatic heterocycles. The largest absolute Gasteiger partial charge is 0.457 e. The lowest BCUT2D eigenvalue weighted by atomic mass is 10.2. The van der Waals surface area contributed by atoms with Crippen molar-refractivity contribution in [2.45, 2.75) is 6.18 Å². The molecule has 0 bridgehead atoms. The van der Waals surface area contributed by atoms with E-state index in [1.54, 1.807) is 24.3 Å². The van der Waals surface area contributed by atoms with Gasteiger partial charge in [-0.25, -0.2) is 0 Å². The Labute approximate surface area is 96.5 Å². The highest BCUT2D eigenvalue weighted by Gasteiger charge is 2.29. The van der Waals surface area contributed by atoms with Gasteiger partial charge in [-0.3, -0.25) is 0 Å². The number of alkyl halides is 3. The van der Waals surface area contributed by atoms with Crippen LogP contribution in [-0.2, 0) is 6.18 Å². The molecule has 0 N–H and O–H groups in total. The monoisotopic (exact) mass is 238 g/mol. The smallest absolute Gasteiger partial charge is 0.416 e. The van der Waals surface area contributed by atoms with Gasteiger partial charge in [0, 0.05) is 0 Å². The molecule has 88 valence electrons. The quantitative estimate of drug-likeness (QED) is 0.748. The van der Waals surface area contributed by atoms with Crippen LogP contribution in [0.5, 0.6) is 11.5 Å². The average molecular weight is 238 g/mol. The molecule has 0 spiro atoms. The predicted molar refractivity (Wildman–Crippen MR) is 58.0 cm³/mol. The summed E-state index contributed by atoms with van der Waals surface area (Å²) in [5.41, 5.74) is -0.682. The molecular weight excluding hydrogens is 229 g/mol. The van der Waals surface area contributed by atoms with Crippen molar-refractivity contribution in [3.05, 3.63) is 60.2 Å². The zero-order valence-electron chi connectivity index (χ0n) is 8.74. The summed E-state index contributed by atoms with van der Waals surface area (Å²) in [6.07, 6.45) is -4.31. The van der Waals surface area contributed by atoms with Crippen LogP contribution in [0.2, 0.25) is 0 Å². The highest BCUT2D eigenvalue weighted by atomic mass is 19.4. The fourth-order valence-corrected chi connectivity index (χ4v) is 1.34. The molecule has 0 atom stereocenters. The molecule has 0 radical (unpaired) electrons. The van der Waals surface area contributed by atoms with E-state index >= 15 is 0 Å². The Kier molecular flexibility index (Phi) is 3.04. The Morgan fingerprint density at radius 3 is 1.76 bits per heavy atom. The third-order valence-electron chi connectivity index (χ3n) is 2.16. The molecular formula is C13H9F3O. The van der Waals surface area contributed by atoms with Crippen LogP contribution in [-0.4, -0.2) is 0 Å². The average Bonchev–Trinajstić information content (AvgIpc) is 2.30. The van der Waals surface area contributed by atoms with Gasteiger partial charge in [0.1, 0.15) is 11.5 Å². The van der Waals surface area contributed by atoms with Crippen LogP contribution < -0.4 is 4.74 Å².